The number of fused-ring (bicyclic) bond motifs is 1. The summed E-state index contributed by atoms with van der Waals surface area (Å²) in [5.41, 5.74) is 8.22. The fourth-order valence-electron chi connectivity index (χ4n) is 2.02. The van der Waals surface area contributed by atoms with Crippen molar-refractivity contribution in [3.8, 4) is 11.3 Å². The lowest BCUT2D eigenvalue weighted by Crippen LogP contribution is -2.12. The van der Waals surface area contributed by atoms with E-state index in [1.165, 1.54) is 0 Å². The Morgan fingerprint density at radius 2 is 1.78 bits per heavy atom. The number of nitrogens with zero attached hydrogens (tertiary/aromatic N) is 1. The van der Waals surface area contributed by atoms with Gasteiger partial charge in [0.1, 0.15) is 0 Å². The summed E-state index contributed by atoms with van der Waals surface area (Å²) in [5, 5.41) is 0.848. The molecule has 0 bridgehead atoms. The van der Waals surface area contributed by atoms with Gasteiger partial charge in [0, 0.05) is 10.9 Å². The van der Waals surface area contributed by atoms with Crippen LogP contribution < -0.4 is 11.4 Å². The summed E-state index contributed by atoms with van der Waals surface area (Å²) in [7, 11) is 0. The molecule has 0 fully saturated rings. The van der Waals surface area contributed by atoms with Crippen molar-refractivity contribution in [2.75, 3.05) is 5.73 Å². The first-order chi connectivity index (χ1) is 8.75. The quantitative estimate of drug-likeness (QED) is 0.637. The highest BCUT2D eigenvalue weighted by Crippen LogP contribution is 2.26. The summed E-state index contributed by atoms with van der Waals surface area (Å²) in [6, 6.07) is 15.1. The molecule has 0 saturated heterocycles. The van der Waals surface area contributed by atoms with Crippen LogP contribution in [0.15, 0.2) is 53.3 Å². The third-order valence-electron chi connectivity index (χ3n) is 2.84. The van der Waals surface area contributed by atoms with Gasteiger partial charge >= 0.3 is 5.69 Å². The number of nitrogens with two attached hydrogens (primary N) is 1. The van der Waals surface area contributed by atoms with Crippen LogP contribution >= 0.6 is 0 Å². The van der Waals surface area contributed by atoms with Gasteiger partial charge < -0.3 is 10.7 Å². The zero-order valence-corrected chi connectivity index (χ0v) is 9.55. The third kappa shape index (κ3) is 1.64. The predicted molar refractivity (Wildman–Crippen MR) is 72.2 cm³/mol. The topological polar surface area (TPSA) is 71.8 Å². The Morgan fingerprint density at radius 3 is 2.56 bits per heavy atom. The van der Waals surface area contributed by atoms with Crippen molar-refractivity contribution < 1.29 is 0 Å². The lowest BCUT2D eigenvalue weighted by Gasteiger charge is -2.06. The molecule has 1 aromatic heterocycles. The Labute approximate surface area is 103 Å². The Bertz CT molecular complexity index is 763. The van der Waals surface area contributed by atoms with Crippen LogP contribution in [0.5, 0.6) is 0 Å². The van der Waals surface area contributed by atoms with Crippen molar-refractivity contribution in [1.82, 2.24) is 9.97 Å². The molecule has 0 aliphatic rings. The molecule has 0 saturated carbocycles. The maximum absolute atomic E-state index is 11.6. The number of aromatic nitrogens is 2. The monoisotopic (exact) mass is 237 g/mol. The zero-order valence-electron chi connectivity index (χ0n) is 9.55. The number of nitrogens with one attached hydrogen (secondary N) is 1. The molecular formula is C14H11N3O. The second-order valence-electron chi connectivity index (χ2n) is 4.03. The first-order valence-corrected chi connectivity index (χ1v) is 5.59. The number of hydrogen-bond donors (Lipinski definition) is 2. The number of anilines is 1. The van der Waals surface area contributed by atoms with Gasteiger partial charge in [-0.2, -0.15) is 4.98 Å². The van der Waals surface area contributed by atoms with Gasteiger partial charge in [-0.25, -0.2) is 4.79 Å². The summed E-state index contributed by atoms with van der Waals surface area (Å²) >= 11 is 0. The van der Waals surface area contributed by atoms with Crippen molar-refractivity contribution in [1.29, 1.82) is 0 Å². The lowest BCUT2D eigenvalue weighted by molar-refractivity contribution is 1.12. The molecule has 4 heteroatoms. The van der Waals surface area contributed by atoms with E-state index in [1.54, 1.807) is 6.07 Å². The van der Waals surface area contributed by atoms with Crippen molar-refractivity contribution in [2.24, 2.45) is 0 Å². The Kier molecular flexibility index (Phi) is 2.34. The van der Waals surface area contributed by atoms with Crippen molar-refractivity contribution in [2.45, 2.75) is 0 Å². The molecule has 1 heterocycles. The van der Waals surface area contributed by atoms with Crippen molar-refractivity contribution in [3.63, 3.8) is 0 Å². The van der Waals surface area contributed by atoms with E-state index >= 15 is 0 Å². The van der Waals surface area contributed by atoms with Crippen molar-refractivity contribution >= 4 is 16.6 Å². The smallest absolute Gasteiger partial charge is 0.346 e. The minimum absolute atomic E-state index is 0.390. The molecule has 3 rings (SSSR count). The summed E-state index contributed by atoms with van der Waals surface area (Å²) < 4.78 is 0. The van der Waals surface area contributed by atoms with E-state index in [1.807, 2.05) is 42.5 Å². The maximum Gasteiger partial charge on any atom is 0.346 e. The van der Waals surface area contributed by atoms with Crippen LogP contribution in [0.2, 0.25) is 0 Å². The molecule has 0 spiro atoms. The van der Waals surface area contributed by atoms with Gasteiger partial charge in [0.25, 0.3) is 0 Å². The predicted octanol–water partition coefficient (Wildman–Crippen LogP) is 2.17. The van der Waals surface area contributed by atoms with E-state index in [4.69, 9.17) is 5.73 Å². The second kappa shape index (κ2) is 4.00. The molecule has 0 atom stereocenters. The van der Waals surface area contributed by atoms with Crippen LogP contribution in [0.1, 0.15) is 0 Å². The molecule has 3 aromatic rings. The molecule has 0 unspecified atom stereocenters. The van der Waals surface area contributed by atoms with Crippen LogP contribution in [0.25, 0.3) is 22.2 Å². The second-order valence-corrected chi connectivity index (χ2v) is 4.03. The van der Waals surface area contributed by atoms with Gasteiger partial charge in [0.2, 0.25) is 0 Å². The minimum atomic E-state index is -0.390. The highest BCUT2D eigenvalue weighted by molar-refractivity contribution is 5.97. The molecule has 0 aliphatic heterocycles. The Morgan fingerprint density at radius 1 is 1.00 bits per heavy atom. The third-order valence-corrected chi connectivity index (χ3v) is 2.84. The molecule has 0 radical (unpaired) electrons. The van der Waals surface area contributed by atoms with E-state index in [9.17, 15) is 4.79 Å². The van der Waals surface area contributed by atoms with Gasteiger partial charge in [-0.1, -0.05) is 42.5 Å². The number of benzene rings is 2. The molecule has 3 N–H and O–H groups in total. The first kappa shape index (κ1) is 10.5. The summed E-state index contributed by atoms with van der Waals surface area (Å²) in [6.45, 7) is 0. The van der Waals surface area contributed by atoms with E-state index in [-0.39, 0.29) is 5.69 Å². The summed E-state index contributed by atoms with van der Waals surface area (Å²) in [6.07, 6.45) is 0. The first-order valence-electron chi connectivity index (χ1n) is 5.59. The Hall–Kier alpha value is -2.62. The zero-order chi connectivity index (χ0) is 12.5. The van der Waals surface area contributed by atoms with Crippen molar-refractivity contribution in [3.05, 3.63) is 59.0 Å². The molecule has 0 amide bonds. The maximum atomic E-state index is 11.6. The van der Waals surface area contributed by atoms with Crippen LogP contribution in [0, 0.1) is 0 Å². The highest BCUT2D eigenvalue weighted by Gasteiger charge is 2.08. The highest BCUT2D eigenvalue weighted by atomic mass is 16.1. The fraction of sp³-hybridized carbons (Fsp3) is 0. The minimum Gasteiger partial charge on any atom is -0.397 e. The molecular weight excluding hydrogens is 226 g/mol. The molecule has 88 valence electrons. The Balaban J connectivity index is 2.43. The fourth-order valence-corrected chi connectivity index (χ4v) is 2.02. The van der Waals surface area contributed by atoms with Gasteiger partial charge in [-0.15, -0.1) is 0 Å². The van der Waals surface area contributed by atoms with Gasteiger partial charge in [-0.05, 0) is 6.07 Å². The van der Waals surface area contributed by atoms with Gasteiger partial charge in [0.15, 0.2) is 0 Å². The number of hydrogen-bond acceptors (Lipinski definition) is 3. The van der Waals surface area contributed by atoms with Crippen LogP contribution in [0.3, 0.4) is 0 Å². The molecule has 2 aromatic carbocycles. The van der Waals surface area contributed by atoms with Gasteiger partial charge in [0.05, 0.1) is 16.9 Å². The number of aromatic amines is 1. The normalized spacial score (nSPS) is 10.7. The molecule has 0 aliphatic carbocycles. The SMILES string of the molecule is Nc1cccc2c(-c3ccccc3)nc(=O)[nH]c12. The average molecular weight is 237 g/mol. The van der Waals surface area contributed by atoms with Crippen LogP contribution in [-0.4, -0.2) is 9.97 Å². The molecule has 18 heavy (non-hydrogen) atoms. The number of H-pyrrole nitrogens is 1. The van der Waals surface area contributed by atoms with Crippen LogP contribution in [-0.2, 0) is 0 Å². The standard InChI is InChI=1S/C14H11N3O/c15-11-8-4-7-10-12(9-5-2-1-3-6-9)16-14(18)17-13(10)11/h1-8H,15H2,(H,16,17,18). The lowest BCUT2D eigenvalue weighted by atomic mass is 10.1. The van der Waals surface area contributed by atoms with E-state index in [0.29, 0.717) is 16.9 Å². The number of nitrogen functional groups attached to an aromatic ring is 1. The average Bonchev–Trinajstić information content (AvgIpc) is 2.40. The van der Waals surface area contributed by atoms with E-state index in [2.05, 4.69) is 9.97 Å². The molecule has 4 nitrogen and oxygen atoms in total. The van der Waals surface area contributed by atoms with E-state index < -0.39 is 0 Å². The summed E-state index contributed by atoms with van der Waals surface area (Å²) in [5.74, 6) is 0. The van der Waals surface area contributed by atoms with Gasteiger partial charge in [-0.3, -0.25) is 0 Å². The largest absolute Gasteiger partial charge is 0.397 e. The number of rotatable bonds is 1. The van der Waals surface area contributed by atoms with Crippen LogP contribution in [0.4, 0.5) is 5.69 Å². The number of para-hydroxylation sites is 1. The van der Waals surface area contributed by atoms with E-state index in [0.717, 1.165) is 10.9 Å². The summed E-state index contributed by atoms with van der Waals surface area (Å²) in [4.78, 5) is 18.3.